The van der Waals surface area contributed by atoms with Gasteiger partial charge in [0.15, 0.2) is 16.3 Å². The predicted molar refractivity (Wildman–Crippen MR) is 156 cm³/mol. The minimum atomic E-state index is -0.715. The Morgan fingerprint density at radius 1 is 1.16 bits per heavy atom. The van der Waals surface area contributed by atoms with Crippen molar-refractivity contribution in [2.24, 2.45) is 4.99 Å². The number of nitrogens with zero attached hydrogens (tertiary/aromatic N) is 2. The van der Waals surface area contributed by atoms with Crippen LogP contribution in [-0.2, 0) is 9.53 Å². The molecule has 3 aromatic rings. The fraction of sp³-hybridized carbons (Fsp3) is 0.269. The van der Waals surface area contributed by atoms with Gasteiger partial charge >= 0.3 is 5.97 Å². The van der Waals surface area contributed by atoms with Crippen LogP contribution in [0.1, 0.15) is 37.9 Å². The van der Waals surface area contributed by atoms with Crippen molar-refractivity contribution in [1.82, 2.24) is 4.57 Å². The average molecular weight is 744 g/mol. The summed E-state index contributed by atoms with van der Waals surface area (Å²) in [6.07, 6.45) is 1.85. The highest BCUT2D eigenvalue weighted by Gasteiger charge is 2.34. The summed E-state index contributed by atoms with van der Waals surface area (Å²) in [4.78, 5) is 32.1. The highest BCUT2D eigenvalue weighted by atomic mass is 127. The van der Waals surface area contributed by atoms with Crippen LogP contribution in [-0.4, -0.2) is 30.5 Å². The standard InChI is InChI=1S/C26H22I2N2O6S/c1-4-33-23-16(27)8-14(9-17(23)28)10-20-24(31)30-22(15-6-7-18-19(11-15)36-12-35-18)21(25(32)34-5-2)13(3)29-26(30)37-20/h6-11,22H,4-5,12H2,1-3H3/b20-10-/t22-/m1/s1. The van der Waals surface area contributed by atoms with E-state index in [0.717, 1.165) is 18.5 Å². The zero-order valence-corrected chi connectivity index (χ0v) is 25.3. The predicted octanol–water partition coefficient (Wildman–Crippen LogP) is 4.13. The van der Waals surface area contributed by atoms with Gasteiger partial charge in [-0.3, -0.25) is 9.36 Å². The highest BCUT2D eigenvalue weighted by Crippen LogP contribution is 2.38. The van der Waals surface area contributed by atoms with Gasteiger partial charge in [-0.2, -0.15) is 0 Å². The molecule has 11 heteroatoms. The minimum absolute atomic E-state index is 0.126. The monoisotopic (exact) mass is 744 g/mol. The maximum Gasteiger partial charge on any atom is 0.338 e. The first kappa shape index (κ1) is 26.2. The molecule has 2 aromatic carbocycles. The van der Waals surface area contributed by atoms with Gasteiger partial charge in [-0.25, -0.2) is 9.79 Å². The number of rotatable bonds is 6. The molecule has 2 aliphatic rings. The smallest absolute Gasteiger partial charge is 0.338 e. The van der Waals surface area contributed by atoms with E-state index in [1.54, 1.807) is 30.5 Å². The summed E-state index contributed by atoms with van der Waals surface area (Å²) in [7, 11) is 0. The van der Waals surface area contributed by atoms with E-state index >= 15 is 0 Å². The first-order chi connectivity index (χ1) is 17.8. The van der Waals surface area contributed by atoms with Gasteiger partial charge in [0.2, 0.25) is 6.79 Å². The Morgan fingerprint density at radius 2 is 1.89 bits per heavy atom. The molecule has 0 amide bonds. The third kappa shape index (κ3) is 4.92. The molecule has 0 N–H and O–H groups in total. The van der Waals surface area contributed by atoms with Crippen LogP contribution in [0.5, 0.6) is 17.2 Å². The maximum atomic E-state index is 13.8. The molecule has 0 bridgehead atoms. The molecule has 0 radical (unpaired) electrons. The van der Waals surface area contributed by atoms with Crippen LogP contribution in [0.25, 0.3) is 6.08 Å². The van der Waals surface area contributed by atoms with Crippen molar-refractivity contribution >= 4 is 68.6 Å². The van der Waals surface area contributed by atoms with E-state index in [4.69, 9.17) is 18.9 Å². The number of thiazole rings is 1. The molecular formula is C26H22I2N2O6S. The van der Waals surface area contributed by atoms with Gasteiger partial charge < -0.3 is 18.9 Å². The van der Waals surface area contributed by atoms with Gasteiger partial charge in [0, 0.05) is 0 Å². The minimum Gasteiger partial charge on any atom is -0.492 e. The van der Waals surface area contributed by atoms with Crippen molar-refractivity contribution in [2.75, 3.05) is 20.0 Å². The number of allylic oxidation sites excluding steroid dienone is 1. The lowest BCUT2D eigenvalue weighted by Gasteiger charge is -2.24. The number of hydrogen-bond acceptors (Lipinski definition) is 8. The molecule has 3 heterocycles. The van der Waals surface area contributed by atoms with E-state index in [2.05, 4.69) is 50.2 Å². The Kier molecular flexibility index (Phi) is 7.63. The van der Waals surface area contributed by atoms with Crippen LogP contribution < -0.4 is 29.1 Å². The van der Waals surface area contributed by atoms with E-state index < -0.39 is 12.0 Å². The quantitative estimate of drug-likeness (QED) is 0.279. The molecule has 2 aliphatic heterocycles. The average Bonchev–Trinajstić information content (AvgIpc) is 3.44. The second-order valence-corrected chi connectivity index (χ2v) is 11.5. The molecule has 0 saturated carbocycles. The van der Waals surface area contributed by atoms with Gasteiger partial charge in [0.05, 0.1) is 42.2 Å². The molecule has 0 fully saturated rings. The third-order valence-electron chi connectivity index (χ3n) is 5.84. The van der Waals surface area contributed by atoms with Crippen LogP contribution in [0.15, 0.2) is 51.4 Å². The summed E-state index contributed by atoms with van der Waals surface area (Å²) >= 11 is 5.77. The molecule has 37 heavy (non-hydrogen) atoms. The summed E-state index contributed by atoms with van der Waals surface area (Å²) < 4.78 is 26.1. The number of carbonyl (C=O) groups is 1. The lowest BCUT2D eigenvalue weighted by atomic mass is 9.95. The van der Waals surface area contributed by atoms with E-state index in [9.17, 15) is 9.59 Å². The topological polar surface area (TPSA) is 88.4 Å². The second kappa shape index (κ2) is 10.8. The number of benzene rings is 2. The van der Waals surface area contributed by atoms with E-state index in [1.165, 1.54) is 11.3 Å². The molecule has 0 spiro atoms. The van der Waals surface area contributed by atoms with E-state index in [1.807, 2.05) is 31.2 Å². The highest BCUT2D eigenvalue weighted by molar-refractivity contribution is 14.1. The molecule has 1 aromatic heterocycles. The van der Waals surface area contributed by atoms with Crippen molar-refractivity contribution in [3.05, 3.63) is 79.6 Å². The fourth-order valence-electron chi connectivity index (χ4n) is 4.29. The Morgan fingerprint density at radius 3 is 2.59 bits per heavy atom. The van der Waals surface area contributed by atoms with Gasteiger partial charge in [0.1, 0.15) is 5.75 Å². The van der Waals surface area contributed by atoms with Crippen LogP contribution in [0.4, 0.5) is 0 Å². The third-order valence-corrected chi connectivity index (χ3v) is 8.42. The zero-order valence-electron chi connectivity index (χ0n) is 20.2. The molecule has 8 nitrogen and oxygen atoms in total. The summed E-state index contributed by atoms with van der Waals surface area (Å²) in [6.45, 7) is 6.37. The Hall–Kier alpha value is -2.39. The number of esters is 1. The maximum absolute atomic E-state index is 13.8. The molecule has 5 rings (SSSR count). The Balaban J connectivity index is 1.69. The van der Waals surface area contributed by atoms with E-state index in [0.29, 0.717) is 44.3 Å². The number of ether oxygens (including phenoxy) is 4. The second-order valence-electron chi connectivity index (χ2n) is 8.16. The largest absolute Gasteiger partial charge is 0.492 e. The Bertz CT molecular complexity index is 1600. The van der Waals surface area contributed by atoms with Gasteiger partial charge in [-0.05, 0) is 107 Å². The molecular weight excluding hydrogens is 722 g/mol. The first-order valence-electron chi connectivity index (χ1n) is 11.5. The van der Waals surface area contributed by atoms with Crippen LogP contribution in [0.2, 0.25) is 0 Å². The van der Waals surface area contributed by atoms with Crippen molar-refractivity contribution in [1.29, 1.82) is 0 Å². The van der Waals surface area contributed by atoms with Crippen LogP contribution >= 0.6 is 56.5 Å². The number of halogens is 2. The number of fused-ring (bicyclic) bond motifs is 2. The summed E-state index contributed by atoms with van der Waals surface area (Å²) in [6, 6.07) is 8.68. The van der Waals surface area contributed by atoms with Crippen molar-refractivity contribution < 1.29 is 23.7 Å². The SMILES string of the molecule is CCOC(=O)C1=C(C)N=c2s/c(=C\c3cc(I)c(OCC)c(I)c3)c(=O)n2[C@@H]1c1ccc2c(c1)OCO2. The van der Waals surface area contributed by atoms with Crippen molar-refractivity contribution in [3.8, 4) is 17.2 Å². The van der Waals surface area contributed by atoms with Crippen LogP contribution in [0, 0.1) is 7.14 Å². The molecule has 0 saturated heterocycles. The number of hydrogen-bond donors (Lipinski definition) is 0. The van der Waals surface area contributed by atoms with Crippen molar-refractivity contribution in [2.45, 2.75) is 26.8 Å². The van der Waals surface area contributed by atoms with Crippen molar-refractivity contribution in [3.63, 3.8) is 0 Å². The summed E-state index contributed by atoms with van der Waals surface area (Å²) in [5.41, 5.74) is 2.19. The first-order valence-corrected chi connectivity index (χ1v) is 14.5. The molecule has 0 unspecified atom stereocenters. The van der Waals surface area contributed by atoms with E-state index in [-0.39, 0.29) is 19.0 Å². The molecule has 0 aliphatic carbocycles. The summed E-state index contributed by atoms with van der Waals surface area (Å²) in [5.74, 6) is 1.52. The molecule has 1 atom stereocenters. The number of carbonyl (C=O) groups excluding carboxylic acids is 1. The normalized spacial score (nSPS) is 16.5. The molecule has 192 valence electrons. The van der Waals surface area contributed by atoms with Gasteiger partial charge in [0.25, 0.3) is 5.56 Å². The Labute approximate surface area is 243 Å². The van der Waals surface area contributed by atoms with Gasteiger partial charge in [-0.15, -0.1) is 0 Å². The van der Waals surface area contributed by atoms with Gasteiger partial charge in [-0.1, -0.05) is 17.4 Å². The number of aromatic nitrogens is 1. The lowest BCUT2D eigenvalue weighted by molar-refractivity contribution is -0.139. The fourth-order valence-corrected chi connectivity index (χ4v) is 7.46. The zero-order chi connectivity index (χ0) is 26.3. The van der Waals surface area contributed by atoms with Crippen LogP contribution in [0.3, 0.4) is 0 Å². The summed E-state index contributed by atoms with van der Waals surface area (Å²) in [5, 5.41) is 0. The lowest BCUT2D eigenvalue weighted by Crippen LogP contribution is -2.39.